The van der Waals surface area contributed by atoms with Crippen LogP contribution in [0.3, 0.4) is 0 Å². The number of carbonyl (C=O) groups is 1. The molecule has 66 valence electrons. The Labute approximate surface area is 82.6 Å². The summed E-state index contributed by atoms with van der Waals surface area (Å²) in [6.45, 7) is 3.28. The molecule has 0 saturated heterocycles. The highest BCUT2D eigenvalue weighted by atomic mass is 79.9. The molecule has 0 unspecified atom stereocenters. The summed E-state index contributed by atoms with van der Waals surface area (Å²) in [6.07, 6.45) is 1.62. The lowest BCUT2D eigenvalue weighted by molar-refractivity contribution is -0.142. The van der Waals surface area contributed by atoms with Crippen molar-refractivity contribution in [2.24, 2.45) is 0 Å². The molecular formula is C7H8BrNO2S. The Balaban J connectivity index is 3.05. The number of aromatic nitrogens is 1. The van der Waals surface area contributed by atoms with Crippen LogP contribution in [0.5, 0.6) is 0 Å². The number of halogens is 1. The highest BCUT2D eigenvalue weighted by Crippen LogP contribution is 2.30. The maximum absolute atomic E-state index is 10.8. The summed E-state index contributed by atoms with van der Waals surface area (Å²) >= 11 is 4.58. The summed E-state index contributed by atoms with van der Waals surface area (Å²) in [7, 11) is 0. The van der Waals surface area contributed by atoms with E-state index < -0.39 is 11.4 Å². The molecule has 0 atom stereocenters. The first-order chi connectivity index (χ1) is 5.44. The van der Waals surface area contributed by atoms with Crippen molar-refractivity contribution in [3.05, 3.63) is 15.0 Å². The fourth-order valence-corrected chi connectivity index (χ4v) is 1.94. The van der Waals surface area contributed by atoms with E-state index in [-0.39, 0.29) is 0 Å². The van der Waals surface area contributed by atoms with E-state index in [9.17, 15) is 4.79 Å². The highest BCUT2D eigenvalue weighted by Gasteiger charge is 2.32. The van der Waals surface area contributed by atoms with Gasteiger partial charge in [-0.2, -0.15) is 0 Å². The maximum atomic E-state index is 10.8. The quantitative estimate of drug-likeness (QED) is 0.875. The van der Waals surface area contributed by atoms with Crippen molar-refractivity contribution < 1.29 is 9.90 Å². The molecule has 1 aromatic rings. The van der Waals surface area contributed by atoms with Gasteiger partial charge < -0.3 is 5.11 Å². The lowest BCUT2D eigenvalue weighted by Gasteiger charge is -2.14. The Kier molecular flexibility index (Phi) is 2.53. The van der Waals surface area contributed by atoms with Crippen molar-refractivity contribution in [2.45, 2.75) is 19.3 Å². The molecule has 0 amide bonds. The van der Waals surface area contributed by atoms with Crippen LogP contribution in [0.4, 0.5) is 0 Å². The monoisotopic (exact) mass is 249 g/mol. The molecule has 0 spiro atoms. The average molecular weight is 250 g/mol. The van der Waals surface area contributed by atoms with Crippen LogP contribution >= 0.6 is 27.3 Å². The molecule has 5 heteroatoms. The van der Waals surface area contributed by atoms with Crippen LogP contribution in [0.15, 0.2) is 9.98 Å². The fraction of sp³-hybridized carbons (Fsp3) is 0.429. The zero-order valence-electron chi connectivity index (χ0n) is 6.67. The van der Waals surface area contributed by atoms with Crippen molar-refractivity contribution >= 4 is 33.2 Å². The third-order valence-corrected chi connectivity index (χ3v) is 3.35. The first kappa shape index (κ1) is 9.67. The molecular weight excluding hydrogens is 242 g/mol. The van der Waals surface area contributed by atoms with Gasteiger partial charge in [-0.1, -0.05) is 0 Å². The number of aliphatic carboxylic acids is 1. The van der Waals surface area contributed by atoms with Gasteiger partial charge >= 0.3 is 5.97 Å². The number of thiazole rings is 1. The molecule has 0 aliphatic heterocycles. The summed E-state index contributed by atoms with van der Waals surface area (Å²) in [5.41, 5.74) is -0.892. The van der Waals surface area contributed by atoms with Crippen LogP contribution in [0.2, 0.25) is 0 Å². The molecule has 0 aliphatic carbocycles. The summed E-state index contributed by atoms with van der Waals surface area (Å²) < 4.78 is 0.854. The first-order valence-electron chi connectivity index (χ1n) is 3.30. The molecule has 12 heavy (non-hydrogen) atoms. The van der Waals surface area contributed by atoms with Crippen molar-refractivity contribution in [2.75, 3.05) is 0 Å². The van der Waals surface area contributed by atoms with Crippen LogP contribution in [0, 0.1) is 0 Å². The predicted molar refractivity (Wildman–Crippen MR) is 50.5 cm³/mol. The van der Waals surface area contributed by atoms with E-state index in [1.54, 1.807) is 20.0 Å². The Morgan fingerprint density at radius 2 is 2.33 bits per heavy atom. The smallest absolute Gasteiger partial charge is 0.316 e. The van der Waals surface area contributed by atoms with Gasteiger partial charge in [0.15, 0.2) is 0 Å². The number of nitrogens with zero attached hydrogens (tertiary/aromatic N) is 1. The predicted octanol–water partition coefficient (Wildman–Crippen LogP) is 2.27. The summed E-state index contributed by atoms with van der Waals surface area (Å²) in [6, 6.07) is 0. The maximum Gasteiger partial charge on any atom is 0.316 e. The van der Waals surface area contributed by atoms with Crippen molar-refractivity contribution in [1.29, 1.82) is 0 Å². The van der Waals surface area contributed by atoms with Gasteiger partial charge in [-0.3, -0.25) is 4.79 Å². The van der Waals surface area contributed by atoms with Gasteiger partial charge in [-0.25, -0.2) is 4.98 Å². The van der Waals surface area contributed by atoms with E-state index in [0.717, 1.165) is 3.79 Å². The van der Waals surface area contributed by atoms with E-state index in [2.05, 4.69) is 20.9 Å². The number of hydrogen-bond acceptors (Lipinski definition) is 3. The molecule has 0 bridgehead atoms. The summed E-state index contributed by atoms with van der Waals surface area (Å²) in [4.78, 5) is 14.8. The summed E-state index contributed by atoms with van der Waals surface area (Å²) in [5.74, 6) is -0.857. The molecule has 1 rings (SSSR count). The van der Waals surface area contributed by atoms with Gasteiger partial charge in [0, 0.05) is 0 Å². The number of rotatable bonds is 2. The number of carboxylic acid groups (broad SMARTS) is 1. The van der Waals surface area contributed by atoms with Crippen LogP contribution < -0.4 is 0 Å². The van der Waals surface area contributed by atoms with Crippen molar-refractivity contribution in [1.82, 2.24) is 4.98 Å². The second kappa shape index (κ2) is 3.14. The largest absolute Gasteiger partial charge is 0.481 e. The van der Waals surface area contributed by atoms with Crippen molar-refractivity contribution in [3.63, 3.8) is 0 Å². The first-order valence-corrected chi connectivity index (χ1v) is 4.90. The topological polar surface area (TPSA) is 50.2 Å². The molecule has 1 N–H and O–H groups in total. The van der Waals surface area contributed by atoms with E-state index in [4.69, 9.17) is 5.11 Å². The molecule has 0 aromatic carbocycles. The summed E-state index contributed by atoms with van der Waals surface area (Å²) in [5, 5.41) is 9.47. The van der Waals surface area contributed by atoms with Crippen LogP contribution in [-0.4, -0.2) is 16.1 Å². The van der Waals surface area contributed by atoms with Crippen LogP contribution in [0.25, 0.3) is 0 Å². The molecule has 0 radical (unpaired) electrons. The molecule has 1 heterocycles. The van der Waals surface area contributed by atoms with Gasteiger partial charge in [0.25, 0.3) is 0 Å². The van der Waals surface area contributed by atoms with E-state index in [0.29, 0.717) is 5.01 Å². The van der Waals surface area contributed by atoms with E-state index in [1.807, 2.05) is 0 Å². The average Bonchev–Trinajstić information content (AvgIpc) is 2.35. The SMILES string of the molecule is CC(C)(C(=O)O)c1ncc(Br)s1. The van der Waals surface area contributed by atoms with Gasteiger partial charge in [-0.15, -0.1) is 11.3 Å². The molecule has 0 aliphatic rings. The fourth-order valence-electron chi connectivity index (χ4n) is 0.635. The Morgan fingerprint density at radius 1 is 1.75 bits per heavy atom. The van der Waals surface area contributed by atoms with Gasteiger partial charge in [0.05, 0.1) is 9.98 Å². The Bertz CT molecular complexity index is 308. The second-order valence-electron chi connectivity index (χ2n) is 2.90. The second-order valence-corrected chi connectivity index (χ2v) is 5.31. The molecule has 0 fully saturated rings. The van der Waals surface area contributed by atoms with Crippen LogP contribution in [-0.2, 0) is 10.2 Å². The number of hydrogen-bond donors (Lipinski definition) is 1. The standard InChI is InChI=1S/C7H8BrNO2S/c1-7(2,6(10)11)5-9-3-4(8)12-5/h3H,1-2H3,(H,10,11). The van der Waals surface area contributed by atoms with Gasteiger partial charge in [-0.05, 0) is 29.8 Å². The third-order valence-electron chi connectivity index (χ3n) is 1.55. The Morgan fingerprint density at radius 3 is 2.67 bits per heavy atom. The zero-order chi connectivity index (χ0) is 9.35. The number of carboxylic acids is 1. The van der Waals surface area contributed by atoms with Crippen LogP contribution in [0.1, 0.15) is 18.9 Å². The lowest BCUT2D eigenvalue weighted by Crippen LogP contribution is -2.28. The van der Waals surface area contributed by atoms with E-state index in [1.165, 1.54) is 11.3 Å². The van der Waals surface area contributed by atoms with Gasteiger partial charge in [0.1, 0.15) is 10.4 Å². The zero-order valence-corrected chi connectivity index (χ0v) is 9.07. The molecule has 3 nitrogen and oxygen atoms in total. The van der Waals surface area contributed by atoms with E-state index >= 15 is 0 Å². The van der Waals surface area contributed by atoms with Crippen molar-refractivity contribution in [3.8, 4) is 0 Å². The normalized spacial score (nSPS) is 11.6. The minimum Gasteiger partial charge on any atom is -0.481 e. The van der Waals surface area contributed by atoms with Gasteiger partial charge in [0.2, 0.25) is 0 Å². The molecule has 1 aromatic heterocycles. The minimum absolute atomic E-state index is 0.613. The highest BCUT2D eigenvalue weighted by molar-refractivity contribution is 9.11. The third kappa shape index (κ3) is 1.67. The minimum atomic E-state index is -0.892. The Hall–Kier alpha value is -0.420. The molecule has 0 saturated carbocycles. The lowest BCUT2D eigenvalue weighted by atomic mass is 9.95.